The highest BCUT2D eigenvalue weighted by molar-refractivity contribution is 5.79. The summed E-state index contributed by atoms with van der Waals surface area (Å²) in [6.07, 6.45) is 4.51. The van der Waals surface area contributed by atoms with Crippen molar-refractivity contribution in [1.82, 2.24) is 10.6 Å². The first kappa shape index (κ1) is 16.5. The molecule has 2 N–H and O–H groups in total. The maximum Gasteiger partial charge on any atom is 0.225 e. The fourth-order valence-electron chi connectivity index (χ4n) is 3.79. The zero-order valence-corrected chi connectivity index (χ0v) is 14.2. The van der Waals surface area contributed by atoms with E-state index in [4.69, 9.17) is 4.74 Å². The maximum atomic E-state index is 12.6. The van der Waals surface area contributed by atoms with Crippen molar-refractivity contribution < 1.29 is 9.53 Å². The summed E-state index contributed by atoms with van der Waals surface area (Å²) in [5, 5.41) is 6.62. The van der Waals surface area contributed by atoms with Crippen LogP contribution < -0.4 is 10.6 Å². The Balaban J connectivity index is 1.56. The monoisotopic (exact) mass is 316 g/mol. The number of hydrogen-bond acceptors (Lipinski definition) is 3. The minimum Gasteiger partial charge on any atom is -0.379 e. The Bertz CT molecular complexity index is 521. The smallest absolute Gasteiger partial charge is 0.225 e. The first-order valence-electron chi connectivity index (χ1n) is 8.76. The highest BCUT2D eigenvalue weighted by Crippen LogP contribution is 2.47. The second kappa shape index (κ2) is 7.02. The van der Waals surface area contributed by atoms with E-state index in [2.05, 4.69) is 34.9 Å². The Morgan fingerprint density at radius 3 is 2.70 bits per heavy atom. The first-order chi connectivity index (χ1) is 11.2. The van der Waals surface area contributed by atoms with Crippen molar-refractivity contribution in [3.05, 3.63) is 35.9 Å². The van der Waals surface area contributed by atoms with Crippen LogP contribution in [0.4, 0.5) is 0 Å². The fraction of sp³-hybridized carbons (Fsp3) is 0.632. The van der Waals surface area contributed by atoms with E-state index in [0.717, 1.165) is 38.8 Å². The zero-order valence-electron chi connectivity index (χ0n) is 14.2. The maximum absolute atomic E-state index is 12.6. The van der Waals surface area contributed by atoms with Crippen molar-refractivity contribution in [2.45, 2.75) is 50.2 Å². The molecular weight excluding hydrogens is 288 g/mol. The molecule has 1 aliphatic heterocycles. The molecule has 2 fully saturated rings. The molecule has 3 rings (SSSR count). The van der Waals surface area contributed by atoms with E-state index in [0.29, 0.717) is 6.04 Å². The molecule has 1 heterocycles. The van der Waals surface area contributed by atoms with Gasteiger partial charge in [-0.15, -0.1) is 0 Å². The number of methoxy groups -OCH3 is 1. The third-order valence-corrected chi connectivity index (χ3v) is 5.51. The van der Waals surface area contributed by atoms with Gasteiger partial charge >= 0.3 is 0 Å². The van der Waals surface area contributed by atoms with Gasteiger partial charge in [0.25, 0.3) is 0 Å². The summed E-state index contributed by atoms with van der Waals surface area (Å²) in [5.74, 6) is -0.0325. The largest absolute Gasteiger partial charge is 0.379 e. The standard InChI is InChI=1S/C19H28N2O2/c1-14(17(23-2)16-9-6-12-20-16)18(22)21-13-19(10-11-19)15-7-4-3-5-8-15/h3-5,7-8,14,16-17,20H,6,9-13H2,1-2H3,(H,21,22)/t14-,16+,17-/m1/s1. The Kier molecular flexibility index (Phi) is 5.02. The minimum atomic E-state index is -0.137. The van der Waals surface area contributed by atoms with Gasteiger partial charge in [-0.2, -0.15) is 0 Å². The van der Waals surface area contributed by atoms with Gasteiger partial charge in [0, 0.05) is 25.1 Å². The number of ether oxygens (including phenoxy) is 1. The molecular formula is C19H28N2O2. The second-order valence-electron chi connectivity index (χ2n) is 7.06. The molecule has 1 aromatic carbocycles. The van der Waals surface area contributed by atoms with Crippen molar-refractivity contribution in [2.24, 2.45) is 5.92 Å². The van der Waals surface area contributed by atoms with Gasteiger partial charge in [0.1, 0.15) is 0 Å². The molecule has 4 nitrogen and oxygen atoms in total. The summed E-state index contributed by atoms with van der Waals surface area (Å²) in [5.41, 5.74) is 1.50. The fourth-order valence-corrected chi connectivity index (χ4v) is 3.79. The van der Waals surface area contributed by atoms with Crippen LogP contribution in [0.25, 0.3) is 0 Å². The van der Waals surface area contributed by atoms with E-state index in [1.165, 1.54) is 5.56 Å². The predicted octanol–water partition coefficient (Wildman–Crippen LogP) is 2.24. The van der Waals surface area contributed by atoms with Crippen LogP contribution in [0.15, 0.2) is 30.3 Å². The van der Waals surface area contributed by atoms with Crippen LogP contribution >= 0.6 is 0 Å². The van der Waals surface area contributed by atoms with E-state index in [1.54, 1.807) is 7.11 Å². The van der Waals surface area contributed by atoms with Crippen LogP contribution in [-0.4, -0.2) is 38.3 Å². The lowest BCUT2D eigenvalue weighted by Crippen LogP contribution is -2.47. The van der Waals surface area contributed by atoms with Gasteiger partial charge < -0.3 is 15.4 Å². The summed E-state index contributed by atoms with van der Waals surface area (Å²) in [4.78, 5) is 12.6. The Labute approximate surface area is 139 Å². The van der Waals surface area contributed by atoms with Crippen molar-refractivity contribution >= 4 is 5.91 Å². The van der Waals surface area contributed by atoms with Gasteiger partial charge in [0.2, 0.25) is 5.91 Å². The van der Waals surface area contributed by atoms with Crippen LogP contribution in [0.2, 0.25) is 0 Å². The summed E-state index contributed by atoms with van der Waals surface area (Å²) < 4.78 is 5.63. The molecule has 3 atom stereocenters. The highest BCUT2D eigenvalue weighted by Gasteiger charge is 2.44. The number of carbonyl (C=O) groups excluding carboxylic acids is 1. The topological polar surface area (TPSA) is 50.4 Å². The van der Waals surface area contributed by atoms with E-state index in [-0.39, 0.29) is 23.3 Å². The molecule has 0 aromatic heterocycles. The molecule has 0 radical (unpaired) electrons. The molecule has 0 spiro atoms. The molecule has 1 saturated carbocycles. The van der Waals surface area contributed by atoms with Gasteiger partial charge in [-0.3, -0.25) is 4.79 Å². The predicted molar refractivity (Wildman–Crippen MR) is 91.3 cm³/mol. The quantitative estimate of drug-likeness (QED) is 0.811. The van der Waals surface area contributed by atoms with E-state index in [9.17, 15) is 4.79 Å². The third kappa shape index (κ3) is 3.59. The van der Waals surface area contributed by atoms with Gasteiger partial charge in [0.15, 0.2) is 0 Å². The van der Waals surface area contributed by atoms with Gasteiger partial charge in [-0.25, -0.2) is 0 Å². The molecule has 126 valence electrons. The lowest BCUT2D eigenvalue weighted by molar-refractivity contribution is -0.129. The summed E-state index contributed by atoms with van der Waals surface area (Å²) in [7, 11) is 1.71. The normalized spacial score (nSPS) is 24.9. The lowest BCUT2D eigenvalue weighted by Gasteiger charge is -2.28. The zero-order chi connectivity index (χ0) is 16.3. The Morgan fingerprint density at radius 1 is 1.39 bits per heavy atom. The summed E-state index contributed by atoms with van der Waals surface area (Å²) in [6.45, 7) is 3.73. The van der Waals surface area contributed by atoms with Crippen molar-refractivity contribution in [3.63, 3.8) is 0 Å². The highest BCUT2D eigenvalue weighted by atomic mass is 16.5. The van der Waals surface area contributed by atoms with Crippen LogP contribution in [0.3, 0.4) is 0 Å². The van der Waals surface area contributed by atoms with E-state index >= 15 is 0 Å². The molecule has 4 heteroatoms. The Morgan fingerprint density at radius 2 is 2.13 bits per heavy atom. The minimum absolute atomic E-state index is 0.0515. The van der Waals surface area contributed by atoms with Crippen molar-refractivity contribution in [3.8, 4) is 0 Å². The molecule has 23 heavy (non-hydrogen) atoms. The number of nitrogens with one attached hydrogen (secondary N) is 2. The summed E-state index contributed by atoms with van der Waals surface area (Å²) >= 11 is 0. The first-order valence-corrected chi connectivity index (χ1v) is 8.76. The average molecular weight is 316 g/mol. The molecule has 1 aromatic rings. The molecule has 1 amide bonds. The molecule has 0 bridgehead atoms. The Hall–Kier alpha value is -1.39. The molecule has 0 unspecified atom stereocenters. The number of benzene rings is 1. The van der Waals surface area contributed by atoms with Crippen molar-refractivity contribution in [2.75, 3.05) is 20.2 Å². The van der Waals surface area contributed by atoms with Gasteiger partial charge in [-0.1, -0.05) is 37.3 Å². The second-order valence-corrected chi connectivity index (χ2v) is 7.06. The van der Waals surface area contributed by atoms with Crippen LogP contribution in [-0.2, 0) is 14.9 Å². The number of amides is 1. The molecule has 2 aliphatic rings. The molecule has 1 saturated heterocycles. The third-order valence-electron chi connectivity index (χ3n) is 5.51. The average Bonchev–Trinajstić information content (AvgIpc) is 3.20. The number of carbonyl (C=O) groups is 1. The number of rotatable bonds is 7. The van der Waals surface area contributed by atoms with Gasteiger partial charge in [-0.05, 0) is 37.8 Å². The van der Waals surface area contributed by atoms with Crippen LogP contribution in [0, 0.1) is 5.92 Å². The van der Waals surface area contributed by atoms with Crippen LogP contribution in [0.5, 0.6) is 0 Å². The summed E-state index contributed by atoms with van der Waals surface area (Å²) in [6, 6.07) is 10.8. The van der Waals surface area contributed by atoms with E-state index in [1.807, 2.05) is 13.0 Å². The van der Waals surface area contributed by atoms with Crippen molar-refractivity contribution in [1.29, 1.82) is 0 Å². The SMILES string of the molecule is CO[C@@H]([C@@H]1CCCN1)[C@@H](C)C(=O)NCC1(c2ccccc2)CC1. The molecule has 1 aliphatic carbocycles. The number of hydrogen-bond donors (Lipinski definition) is 2. The lowest BCUT2D eigenvalue weighted by atomic mass is 9.93. The van der Waals surface area contributed by atoms with Crippen LogP contribution in [0.1, 0.15) is 38.2 Å². The van der Waals surface area contributed by atoms with Gasteiger partial charge in [0.05, 0.1) is 12.0 Å². The van der Waals surface area contributed by atoms with E-state index < -0.39 is 0 Å².